The van der Waals surface area contributed by atoms with Crippen LogP contribution >= 0.6 is 11.8 Å². The maximum atomic E-state index is 11.6. The Hall–Kier alpha value is -0.850. The Morgan fingerprint density at radius 1 is 1.50 bits per heavy atom. The molecule has 1 aromatic heterocycles. The van der Waals surface area contributed by atoms with Crippen molar-refractivity contribution < 1.29 is 8.42 Å². The molecule has 1 unspecified atom stereocenters. The van der Waals surface area contributed by atoms with E-state index in [0.29, 0.717) is 6.42 Å². The monoisotopic (exact) mass is 256 g/mol. The molecule has 4 nitrogen and oxygen atoms in total. The SMILES string of the molecule is CNS(=O)(=O)C1CC=C(c2ccccn2)S1. The molecule has 1 aliphatic rings. The summed E-state index contributed by atoms with van der Waals surface area (Å²) < 4.78 is 25.1. The van der Waals surface area contributed by atoms with Gasteiger partial charge < -0.3 is 0 Å². The molecule has 0 bridgehead atoms. The number of nitrogens with one attached hydrogen (secondary N) is 1. The van der Waals surface area contributed by atoms with Gasteiger partial charge in [0.2, 0.25) is 10.0 Å². The fourth-order valence-corrected chi connectivity index (χ4v) is 4.06. The van der Waals surface area contributed by atoms with Crippen LogP contribution in [-0.2, 0) is 10.0 Å². The van der Waals surface area contributed by atoms with Crippen molar-refractivity contribution >= 4 is 26.7 Å². The molecule has 0 saturated heterocycles. The third-order valence-corrected chi connectivity index (χ3v) is 5.89. The molecular weight excluding hydrogens is 244 g/mol. The molecule has 86 valence electrons. The van der Waals surface area contributed by atoms with Gasteiger partial charge in [-0.2, -0.15) is 0 Å². The summed E-state index contributed by atoms with van der Waals surface area (Å²) in [6.07, 6.45) is 4.16. The number of pyridine rings is 1. The van der Waals surface area contributed by atoms with Crippen molar-refractivity contribution in [3.8, 4) is 0 Å². The van der Waals surface area contributed by atoms with Crippen molar-refractivity contribution in [2.24, 2.45) is 0 Å². The number of hydrogen-bond donors (Lipinski definition) is 1. The van der Waals surface area contributed by atoms with Crippen LogP contribution in [0, 0.1) is 0 Å². The average molecular weight is 256 g/mol. The van der Waals surface area contributed by atoms with Crippen LogP contribution in [0.5, 0.6) is 0 Å². The Kier molecular flexibility index (Phi) is 3.32. The molecule has 1 aromatic rings. The molecule has 2 rings (SSSR count). The highest BCUT2D eigenvalue weighted by molar-refractivity contribution is 8.18. The number of thioether (sulfide) groups is 1. The third kappa shape index (κ3) is 2.28. The summed E-state index contributed by atoms with van der Waals surface area (Å²) in [6, 6.07) is 5.61. The van der Waals surface area contributed by atoms with E-state index >= 15 is 0 Å². The summed E-state index contributed by atoms with van der Waals surface area (Å²) in [7, 11) is -1.77. The Morgan fingerprint density at radius 2 is 2.31 bits per heavy atom. The first-order chi connectivity index (χ1) is 7.63. The molecular formula is C10H12N2O2S2. The highest BCUT2D eigenvalue weighted by Gasteiger charge is 2.29. The lowest BCUT2D eigenvalue weighted by atomic mass is 10.3. The zero-order valence-corrected chi connectivity index (χ0v) is 10.4. The van der Waals surface area contributed by atoms with Crippen molar-refractivity contribution in [1.29, 1.82) is 0 Å². The van der Waals surface area contributed by atoms with Gasteiger partial charge in [-0.1, -0.05) is 12.1 Å². The molecule has 16 heavy (non-hydrogen) atoms. The van der Waals surface area contributed by atoms with E-state index in [1.165, 1.54) is 18.8 Å². The minimum absolute atomic E-state index is 0.436. The van der Waals surface area contributed by atoms with Gasteiger partial charge in [0, 0.05) is 11.1 Å². The fraction of sp³-hybridized carbons (Fsp3) is 0.300. The second-order valence-electron chi connectivity index (χ2n) is 3.32. The Morgan fingerprint density at radius 3 is 2.94 bits per heavy atom. The molecule has 1 aliphatic heterocycles. The fourth-order valence-electron chi connectivity index (χ4n) is 1.44. The largest absolute Gasteiger partial charge is 0.256 e. The summed E-state index contributed by atoms with van der Waals surface area (Å²) in [5.74, 6) is 0. The Labute approximate surface area is 99.2 Å². The van der Waals surface area contributed by atoms with Crippen LogP contribution in [0.1, 0.15) is 12.1 Å². The van der Waals surface area contributed by atoms with E-state index in [-0.39, 0.29) is 0 Å². The van der Waals surface area contributed by atoms with Gasteiger partial charge in [0.15, 0.2) is 0 Å². The maximum absolute atomic E-state index is 11.6. The molecule has 0 radical (unpaired) electrons. The first kappa shape index (κ1) is 11.6. The van der Waals surface area contributed by atoms with Crippen molar-refractivity contribution in [3.63, 3.8) is 0 Å². The summed E-state index contributed by atoms with van der Waals surface area (Å²) in [5.41, 5.74) is 0.835. The van der Waals surface area contributed by atoms with E-state index in [0.717, 1.165) is 10.6 Å². The van der Waals surface area contributed by atoms with Crippen LogP contribution in [0.25, 0.3) is 4.91 Å². The van der Waals surface area contributed by atoms with Crippen LogP contribution < -0.4 is 4.72 Å². The zero-order chi connectivity index (χ0) is 11.6. The van der Waals surface area contributed by atoms with Crippen LogP contribution in [0.15, 0.2) is 30.5 Å². The maximum Gasteiger partial charge on any atom is 0.224 e. The molecule has 1 N–H and O–H groups in total. The van der Waals surface area contributed by atoms with Gasteiger partial charge >= 0.3 is 0 Å². The first-order valence-corrected chi connectivity index (χ1v) is 7.26. The van der Waals surface area contributed by atoms with E-state index in [1.807, 2.05) is 24.3 Å². The van der Waals surface area contributed by atoms with Crippen LogP contribution in [0.2, 0.25) is 0 Å². The molecule has 0 saturated carbocycles. The number of allylic oxidation sites excluding steroid dienone is 1. The van der Waals surface area contributed by atoms with Gasteiger partial charge in [-0.3, -0.25) is 4.98 Å². The quantitative estimate of drug-likeness (QED) is 0.889. The second kappa shape index (κ2) is 4.57. The van der Waals surface area contributed by atoms with Crippen molar-refractivity contribution in [2.45, 2.75) is 11.0 Å². The van der Waals surface area contributed by atoms with Crippen molar-refractivity contribution in [1.82, 2.24) is 9.71 Å². The van der Waals surface area contributed by atoms with Crippen LogP contribution in [0.4, 0.5) is 0 Å². The van der Waals surface area contributed by atoms with Gasteiger partial charge in [-0.15, -0.1) is 11.8 Å². The third-order valence-electron chi connectivity index (χ3n) is 2.30. The molecule has 2 heterocycles. The molecule has 6 heteroatoms. The Bertz CT molecular complexity index is 497. The minimum Gasteiger partial charge on any atom is -0.256 e. The standard InChI is InChI=1S/C10H12N2O2S2/c1-11-16(13,14)10-6-5-9(15-10)8-4-2-3-7-12-8/h2-5,7,10-11H,6H2,1H3. The lowest BCUT2D eigenvalue weighted by Crippen LogP contribution is -2.27. The lowest BCUT2D eigenvalue weighted by Gasteiger charge is -2.09. The van der Waals surface area contributed by atoms with Gasteiger partial charge in [0.25, 0.3) is 0 Å². The van der Waals surface area contributed by atoms with Crippen LogP contribution in [0.3, 0.4) is 0 Å². The highest BCUT2D eigenvalue weighted by atomic mass is 32.3. The van der Waals surface area contributed by atoms with Gasteiger partial charge in [0.05, 0.1) is 5.69 Å². The predicted molar refractivity (Wildman–Crippen MR) is 66.2 cm³/mol. The van der Waals surface area contributed by atoms with Crippen molar-refractivity contribution in [3.05, 3.63) is 36.2 Å². The van der Waals surface area contributed by atoms with Crippen molar-refractivity contribution in [2.75, 3.05) is 7.05 Å². The predicted octanol–water partition coefficient (Wildman–Crippen LogP) is 1.43. The van der Waals surface area contributed by atoms with Gasteiger partial charge in [-0.25, -0.2) is 13.1 Å². The lowest BCUT2D eigenvalue weighted by molar-refractivity contribution is 0.585. The normalized spacial score (nSPS) is 20.8. The van der Waals surface area contributed by atoms with Gasteiger partial charge in [0.1, 0.15) is 4.58 Å². The van der Waals surface area contributed by atoms with E-state index in [4.69, 9.17) is 0 Å². The molecule has 0 amide bonds. The van der Waals surface area contributed by atoms with E-state index in [2.05, 4.69) is 9.71 Å². The number of nitrogens with zero attached hydrogens (tertiary/aromatic N) is 1. The smallest absolute Gasteiger partial charge is 0.224 e. The molecule has 0 fully saturated rings. The number of aromatic nitrogens is 1. The summed E-state index contributed by atoms with van der Waals surface area (Å²) >= 11 is 1.34. The molecule has 0 aromatic carbocycles. The number of hydrogen-bond acceptors (Lipinski definition) is 4. The summed E-state index contributed by atoms with van der Waals surface area (Å²) in [4.78, 5) is 5.13. The van der Waals surface area contributed by atoms with E-state index in [1.54, 1.807) is 6.20 Å². The summed E-state index contributed by atoms with van der Waals surface area (Å²) in [5, 5.41) is 0. The topological polar surface area (TPSA) is 59.1 Å². The van der Waals surface area contributed by atoms with E-state index in [9.17, 15) is 8.42 Å². The zero-order valence-electron chi connectivity index (χ0n) is 8.75. The number of sulfonamides is 1. The van der Waals surface area contributed by atoms with E-state index < -0.39 is 14.6 Å². The Balaban J connectivity index is 2.15. The second-order valence-corrected chi connectivity index (χ2v) is 6.93. The molecule has 0 spiro atoms. The minimum atomic E-state index is -3.21. The highest BCUT2D eigenvalue weighted by Crippen LogP contribution is 2.40. The number of rotatable bonds is 3. The average Bonchev–Trinajstić information content (AvgIpc) is 2.80. The van der Waals surface area contributed by atoms with Gasteiger partial charge in [-0.05, 0) is 25.6 Å². The first-order valence-electron chi connectivity index (χ1n) is 4.84. The molecule has 0 aliphatic carbocycles. The summed E-state index contributed by atoms with van der Waals surface area (Å²) in [6.45, 7) is 0. The van der Waals surface area contributed by atoms with Crippen LogP contribution in [-0.4, -0.2) is 25.0 Å². The molecule has 1 atom stereocenters.